The van der Waals surface area contributed by atoms with Crippen LogP contribution < -0.4 is 19.7 Å². The van der Waals surface area contributed by atoms with Crippen LogP contribution in [0.4, 0.5) is 17.1 Å². The Morgan fingerprint density at radius 1 is 1.09 bits per heavy atom. The van der Waals surface area contributed by atoms with Gasteiger partial charge in [0, 0.05) is 34.3 Å². The average molecular weight is 616 g/mol. The first-order valence-corrected chi connectivity index (χ1v) is 14.3. The summed E-state index contributed by atoms with van der Waals surface area (Å²) in [5.74, 6) is -0.844. The summed E-state index contributed by atoms with van der Waals surface area (Å²) in [7, 11) is -5.42. The van der Waals surface area contributed by atoms with Gasteiger partial charge in [0.2, 0.25) is 0 Å². The second-order valence-corrected chi connectivity index (χ2v) is 11.0. The lowest BCUT2D eigenvalue weighted by molar-refractivity contribution is -0.153. The number of aromatic nitrogens is 3. The van der Waals surface area contributed by atoms with E-state index in [1.165, 1.54) is 18.3 Å². The third kappa shape index (κ3) is 5.58. The van der Waals surface area contributed by atoms with Crippen LogP contribution in [0.5, 0.6) is 11.5 Å². The van der Waals surface area contributed by atoms with Gasteiger partial charge in [-0.1, -0.05) is 9.95 Å². The van der Waals surface area contributed by atoms with E-state index in [0.29, 0.717) is 58.9 Å². The number of hydrogen-bond donors (Lipinski definition) is 2. The highest BCUT2D eigenvalue weighted by Gasteiger charge is 2.30. The summed E-state index contributed by atoms with van der Waals surface area (Å²) >= 11 is 0. The van der Waals surface area contributed by atoms with Crippen molar-refractivity contribution in [1.29, 1.82) is 5.26 Å². The van der Waals surface area contributed by atoms with Gasteiger partial charge < -0.3 is 23.8 Å². The molecule has 1 aliphatic heterocycles. The maximum Gasteiger partial charge on any atom is 0.488 e. The van der Waals surface area contributed by atoms with Crippen LogP contribution in [-0.4, -0.2) is 48.8 Å². The number of aromatic amines is 1. The van der Waals surface area contributed by atoms with Crippen molar-refractivity contribution in [3.63, 3.8) is 0 Å². The second-order valence-electron chi connectivity index (χ2n) is 10.1. The normalized spacial score (nSPS) is 14.8. The molecule has 15 heteroatoms. The Morgan fingerprint density at radius 3 is 2.56 bits per heavy atom. The smallest absolute Gasteiger partial charge is 0.483 e. The standard InChI is InChI=1S/C28H21F4N5O5S/c29-28(30,31)14-41-24-10-21-23(9-20(24)16-8-18(13-35-12-16)42-43(32,39)40)37(17-3-5-34-6-4-17)27-25(26(21)38)19-2-1-15(11-33)7-22(19)36-27/h1-2,7-10,12-13,17,34,36H,3-6,14H2. The number of pyridine rings is 2. The first-order chi connectivity index (χ1) is 20.4. The summed E-state index contributed by atoms with van der Waals surface area (Å²) in [6.07, 6.45) is -1.23. The molecule has 10 nitrogen and oxygen atoms in total. The second kappa shape index (κ2) is 10.5. The van der Waals surface area contributed by atoms with Crippen LogP contribution in [0.2, 0.25) is 0 Å². The highest BCUT2D eigenvalue weighted by atomic mass is 32.3. The monoisotopic (exact) mass is 615 g/mol. The summed E-state index contributed by atoms with van der Waals surface area (Å²) < 4.78 is 86.6. The van der Waals surface area contributed by atoms with Crippen LogP contribution in [-0.2, 0) is 10.5 Å². The van der Waals surface area contributed by atoms with Crippen molar-refractivity contribution in [3.05, 3.63) is 64.6 Å². The van der Waals surface area contributed by atoms with Crippen LogP contribution in [0.1, 0.15) is 24.4 Å². The fourth-order valence-electron chi connectivity index (χ4n) is 5.54. The van der Waals surface area contributed by atoms with E-state index in [9.17, 15) is 35.5 Å². The van der Waals surface area contributed by atoms with Gasteiger partial charge in [-0.25, -0.2) is 0 Å². The van der Waals surface area contributed by atoms with Crippen LogP contribution >= 0.6 is 0 Å². The van der Waals surface area contributed by atoms with E-state index in [1.54, 1.807) is 18.2 Å². The maximum absolute atomic E-state index is 14.0. The zero-order valence-corrected chi connectivity index (χ0v) is 22.9. The number of ether oxygens (including phenoxy) is 1. The SMILES string of the molecule is N#Cc1ccc2c(c1)[nH]c1c2c(=O)c2cc(OCC(F)(F)F)c(-c3cncc(OS(=O)(=O)F)c3)cc2n1C1CCNCC1. The molecule has 2 N–H and O–H groups in total. The molecule has 2 aromatic carbocycles. The topological polar surface area (TPSA) is 139 Å². The Bertz CT molecular complexity index is 2110. The molecule has 0 spiro atoms. The molecule has 6 rings (SSSR count). The van der Waals surface area contributed by atoms with Crippen LogP contribution in [0, 0.1) is 11.3 Å². The Morgan fingerprint density at radius 2 is 1.86 bits per heavy atom. The lowest BCUT2D eigenvalue weighted by atomic mass is 9.99. The highest BCUT2D eigenvalue weighted by Crippen LogP contribution is 2.39. The molecule has 1 saturated heterocycles. The molecule has 4 heterocycles. The molecule has 1 fully saturated rings. The van der Waals surface area contributed by atoms with E-state index >= 15 is 0 Å². The predicted molar refractivity (Wildman–Crippen MR) is 149 cm³/mol. The number of alkyl halides is 3. The van der Waals surface area contributed by atoms with Gasteiger partial charge in [-0.05, 0) is 56.3 Å². The Kier molecular flexibility index (Phi) is 6.98. The highest BCUT2D eigenvalue weighted by molar-refractivity contribution is 7.81. The van der Waals surface area contributed by atoms with Gasteiger partial charge in [-0.3, -0.25) is 9.78 Å². The van der Waals surface area contributed by atoms with Crippen molar-refractivity contribution < 1.29 is 34.4 Å². The minimum Gasteiger partial charge on any atom is -0.483 e. The number of hydrogen-bond acceptors (Lipinski definition) is 8. The number of H-pyrrole nitrogens is 1. The zero-order valence-electron chi connectivity index (χ0n) is 22.0. The van der Waals surface area contributed by atoms with Crippen molar-refractivity contribution in [2.24, 2.45) is 0 Å². The molecular weight excluding hydrogens is 594 g/mol. The number of nitriles is 1. The summed E-state index contributed by atoms with van der Waals surface area (Å²) in [4.78, 5) is 21.2. The largest absolute Gasteiger partial charge is 0.488 e. The quantitative estimate of drug-likeness (QED) is 0.200. The van der Waals surface area contributed by atoms with Gasteiger partial charge in [-0.2, -0.15) is 26.9 Å². The summed E-state index contributed by atoms with van der Waals surface area (Å²) in [6.45, 7) is -0.318. The van der Waals surface area contributed by atoms with Gasteiger partial charge in [0.1, 0.15) is 11.4 Å². The molecule has 1 aliphatic rings. The number of nitrogens with zero attached hydrogens (tertiary/aromatic N) is 3. The third-order valence-electron chi connectivity index (χ3n) is 7.26. The number of benzene rings is 2. The zero-order chi connectivity index (χ0) is 30.5. The maximum atomic E-state index is 14.0. The van der Waals surface area contributed by atoms with Crippen LogP contribution in [0.3, 0.4) is 0 Å². The van der Waals surface area contributed by atoms with Gasteiger partial charge in [0.05, 0.1) is 34.1 Å². The molecule has 3 aromatic heterocycles. The van der Waals surface area contributed by atoms with Crippen molar-refractivity contribution in [3.8, 4) is 28.7 Å². The minimum absolute atomic E-state index is 0.0373. The van der Waals surface area contributed by atoms with Crippen LogP contribution in [0.15, 0.2) is 53.6 Å². The summed E-state index contributed by atoms with van der Waals surface area (Å²) in [5, 5.41) is 13.6. The Labute approximate surface area is 240 Å². The molecule has 0 amide bonds. The summed E-state index contributed by atoms with van der Waals surface area (Å²) in [6, 6.07) is 10.6. The van der Waals surface area contributed by atoms with Crippen molar-refractivity contribution in [2.75, 3.05) is 19.7 Å². The third-order valence-corrected chi connectivity index (χ3v) is 7.65. The summed E-state index contributed by atoms with van der Waals surface area (Å²) in [5.41, 5.74) is 1.39. The molecule has 5 aromatic rings. The fraction of sp³-hybridized carbons (Fsp3) is 0.250. The van der Waals surface area contributed by atoms with Crippen molar-refractivity contribution in [1.82, 2.24) is 19.9 Å². The van der Waals surface area contributed by atoms with Crippen molar-refractivity contribution >= 4 is 43.3 Å². The van der Waals surface area contributed by atoms with E-state index in [2.05, 4.69) is 25.5 Å². The van der Waals surface area contributed by atoms with E-state index < -0.39 is 34.5 Å². The number of rotatable bonds is 6. The van der Waals surface area contributed by atoms with E-state index in [0.717, 1.165) is 12.3 Å². The van der Waals surface area contributed by atoms with Gasteiger partial charge in [0.25, 0.3) is 0 Å². The lowest BCUT2D eigenvalue weighted by Crippen LogP contribution is -2.30. The Balaban J connectivity index is 1.69. The molecule has 0 atom stereocenters. The first-order valence-electron chi connectivity index (χ1n) is 13.0. The number of piperidine rings is 1. The fourth-order valence-corrected chi connectivity index (χ4v) is 5.86. The van der Waals surface area contributed by atoms with Crippen LogP contribution in [0.25, 0.3) is 44.0 Å². The molecule has 222 valence electrons. The van der Waals surface area contributed by atoms with E-state index in [-0.39, 0.29) is 28.3 Å². The molecular formula is C28H21F4N5O5S. The first kappa shape index (κ1) is 28.4. The van der Waals surface area contributed by atoms with Crippen molar-refractivity contribution in [2.45, 2.75) is 25.1 Å². The van der Waals surface area contributed by atoms with Gasteiger partial charge in [0.15, 0.2) is 17.8 Å². The van der Waals surface area contributed by atoms with E-state index in [1.807, 2.05) is 4.57 Å². The van der Waals surface area contributed by atoms with Gasteiger partial charge in [-0.15, -0.1) is 0 Å². The minimum atomic E-state index is -5.42. The molecule has 43 heavy (non-hydrogen) atoms. The molecule has 0 aliphatic carbocycles. The lowest BCUT2D eigenvalue weighted by Gasteiger charge is -2.28. The number of fused-ring (bicyclic) bond motifs is 4. The molecule has 0 saturated carbocycles. The molecule has 0 unspecified atom stereocenters. The Hall–Kier alpha value is -4.68. The average Bonchev–Trinajstić information content (AvgIpc) is 3.34. The van der Waals surface area contributed by atoms with Gasteiger partial charge >= 0.3 is 16.7 Å². The molecule has 0 radical (unpaired) electrons. The molecule has 0 bridgehead atoms. The predicted octanol–water partition coefficient (Wildman–Crippen LogP) is 5.03. The van der Waals surface area contributed by atoms with E-state index in [4.69, 9.17) is 4.74 Å². The number of halogens is 4. The number of nitrogens with one attached hydrogen (secondary N) is 2.